The van der Waals surface area contributed by atoms with Crippen molar-refractivity contribution in [3.8, 4) is 16.9 Å². The van der Waals surface area contributed by atoms with E-state index in [1.165, 1.54) is 0 Å². The van der Waals surface area contributed by atoms with Crippen molar-refractivity contribution in [1.29, 1.82) is 0 Å². The van der Waals surface area contributed by atoms with E-state index in [2.05, 4.69) is 18.2 Å². The maximum absolute atomic E-state index is 10.7. The summed E-state index contributed by atoms with van der Waals surface area (Å²) in [7, 11) is 0. The van der Waals surface area contributed by atoms with Gasteiger partial charge in [-0.05, 0) is 54.4 Å². The first-order chi connectivity index (χ1) is 14.0. The predicted octanol–water partition coefficient (Wildman–Crippen LogP) is 8.14. The quantitative estimate of drug-likeness (QED) is 0.360. The summed E-state index contributed by atoms with van der Waals surface area (Å²) in [5.41, 5.74) is 5.34. The minimum atomic E-state index is 0.162. The van der Waals surface area contributed by atoms with Gasteiger partial charge in [0.1, 0.15) is 5.75 Å². The second-order valence-electron chi connectivity index (χ2n) is 6.81. The zero-order chi connectivity index (χ0) is 20.4. The molecular formula is C25H19Cl2NO. The van der Waals surface area contributed by atoms with E-state index >= 15 is 0 Å². The summed E-state index contributed by atoms with van der Waals surface area (Å²) in [4.78, 5) is 1.96. The Morgan fingerprint density at radius 3 is 2.21 bits per heavy atom. The largest absolute Gasteiger partial charge is 0.506 e. The molecule has 0 saturated heterocycles. The second kappa shape index (κ2) is 8.20. The molecule has 0 saturated carbocycles. The van der Waals surface area contributed by atoms with E-state index < -0.39 is 0 Å². The van der Waals surface area contributed by atoms with E-state index in [0.29, 0.717) is 21.4 Å². The lowest BCUT2D eigenvalue weighted by molar-refractivity contribution is 0.476. The molecule has 0 aliphatic heterocycles. The number of benzene rings is 4. The molecule has 1 N–H and O–H groups in total. The van der Waals surface area contributed by atoms with Crippen molar-refractivity contribution in [1.82, 2.24) is 0 Å². The van der Waals surface area contributed by atoms with Crippen LogP contribution in [0.2, 0.25) is 10.0 Å². The van der Waals surface area contributed by atoms with Crippen molar-refractivity contribution in [2.75, 3.05) is 4.90 Å². The maximum Gasteiger partial charge on any atom is 0.139 e. The van der Waals surface area contributed by atoms with Gasteiger partial charge in [-0.2, -0.15) is 0 Å². The number of hydrogen-bond donors (Lipinski definition) is 1. The number of phenols is 1. The molecule has 29 heavy (non-hydrogen) atoms. The van der Waals surface area contributed by atoms with Crippen LogP contribution in [0.25, 0.3) is 11.1 Å². The van der Waals surface area contributed by atoms with Gasteiger partial charge in [0.05, 0.1) is 22.1 Å². The monoisotopic (exact) mass is 419 g/mol. The van der Waals surface area contributed by atoms with Gasteiger partial charge < -0.3 is 10.0 Å². The number of rotatable bonds is 4. The van der Waals surface area contributed by atoms with Crippen LogP contribution in [0.15, 0.2) is 91.0 Å². The Balaban J connectivity index is 2.03. The smallest absolute Gasteiger partial charge is 0.139 e. The van der Waals surface area contributed by atoms with Crippen molar-refractivity contribution in [2.45, 2.75) is 6.92 Å². The highest BCUT2D eigenvalue weighted by molar-refractivity contribution is 6.35. The fraction of sp³-hybridized carbons (Fsp3) is 0.0400. The van der Waals surface area contributed by atoms with Crippen LogP contribution in [0, 0.1) is 6.92 Å². The number of para-hydroxylation sites is 1. The summed E-state index contributed by atoms with van der Waals surface area (Å²) in [5.74, 6) is 0.162. The minimum absolute atomic E-state index is 0.162. The lowest BCUT2D eigenvalue weighted by Gasteiger charge is -2.29. The number of hydrogen-bond acceptors (Lipinski definition) is 2. The third-order valence-corrected chi connectivity index (χ3v) is 5.31. The Bertz CT molecular complexity index is 1110. The molecule has 0 aliphatic carbocycles. The Morgan fingerprint density at radius 1 is 0.690 bits per heavy atom. The van der Waals surface area contributed by atoms with Gasteiger partial charge in [0.2, 0.25) is 0 Å². The fourth-order valence-corrected chi connectivity index (χ4v) is 3.76. The summed E-state index contributed by atoms with van der Waals surface area (Å²) < 4.78 is 0. The summed E-state index contributed by atoms with van der Waals surface area (Å²) in [6.07, 6.45) is 0. The number of halogens is 2. The molecule has 0 radical (unpaired) electrons. The van der Waals surface area contributed by atoms with Gasteiger partial charge in [-0.1, -0.05) is 77.8 Å². The number of nitrogens with zero attached hydrogens (tertiary/aromatic N) is 1. The Labute approximate surface area is 180 Å². The molecule has 144 valence electrons. The number of aromatic hydroxyl groups is 1. The van der Waals surface area contributed by atoms with Gasteiger partial charge in [-0.25, -0.2) is 0 Å². The zero-order valence-electron chi connectivity index (χ0n) is 15.8. The van der Waals surface area contributed by atoms with E-state index in [4.69, 9.17) is 23.2 Å². The zero-order valence-corrected chi connectivity index (χ0v) is 17.3. The SMILES string of the molecule is Cc1ccc(O)c(N(c2cc(Cl)ccc2Cl)c2ccccc2-c2ccccc2)c1. The number of phenolic OH excluding ortho intramolecular Hbond substituents is 1. The molecule has 0 amide bonds. The first kappa shape index (κ1) is 19.4. The van der Waals surface area contributed by atoms with Crippen LogP contribution in [0.3, 0.4) is 0 Å². The van der Waals surface area contributed by atoms with Gasteiger partial charge in [-0.3, -0.25) is 0 Å². The molecule has 0 bridgehead atoms. The van der Waals surface area contributed by atoms with Crippen molar-refractivity contribution < 1.29 is 5.11 Å². The topological polar surface area (TPSA) is 23.5 Å². The average molecular weight is 420 g/mol. The van der Waals surface area contributed by atoms with Gasteiger partial charge in [0.25, 0.3) is 0 Å². The maximum atomic E-state index is 10.7. The van der Waals surface area contributed by atoms with Crippen molar-refractivity contribution in [2.24, 2.45) is 0 Å². The fourth-order valence-electron chi connectivity index (χ4n) is 3.39. The normalized spacial score (nSPS) is 10.7. The van der Waals surface area contributed by atoms with Crippen molar-refractivity contribution in [3.63, 3.8) is 0 Å². The highest BCUT2D eigenvalue weighted by Crippen LogP contribution is 2.46. The summed E-state index contributed by atoms with van der Waals surface area (Å²) in [6, 6.07) is 29.0. The van der Waals surface area contributed by atoms with Crippen LogP contribution in [-0.2, 0) is 0 Å². The molecule has 0 aliphatic rings. The third-order valence-electron chi connectivity index (χ3n) is 4.75. The van der Waals surface area contributed by atoms with E-state index in [1.807, 2.05) is 66.4 Å². The van der Waals surface area contributed by atoms with Crippen LogP contribution in [0.1, 0.15) is 5.56 Å². The van der Waals surface area contributed by atoms with Crippen molar-refractivity contribution >= 4 is 40.3 Å². The summed E-state index contributed by atoms with van der Waals surface area (Å²) in [6.45, 7) is 1.99. The van der Waals surface area contributed by atoms with Gasteiger partial charge >= 0.3 is 0 Å². The van der Waals surface area contributed by atoms with Crippen LogP contribution >= 0.6 is 23.2 Å². The minimum Gasteiger partial charge on any atom is -0.506 e. The molecule has 0 fully saturated rings. The van der Waals surface area contributed by atoms with Crippen LogP contribution in [-0.4, -0.2) is 5.11 Å². The lowest BCUT2D eigenvalue weighted by Crippen LogP contribution is -2.12. The average Bonchev–Trinajstić information content (AvgIpc) is 2.74. The molecule has 0 spiro atoms. The van der Waals surface area contributed by atoms with Gasteiger partial charge in [-0.15, -0.1) is 0 Å². The van der Waals surface area contributed by atoms with Gasteiger partial charge in [0, 0.05) is 10.6 Å². The summed E-state index contributed by atoms with van der Waals surface area (Å²) in [5, 5.41) is 11.8. The predicted molar refractivity (Wildman–Crippen MR) is 123 cm³/mol. The third kappa shape index (κ3) is 3.95. The van der Waals surface area contributed by atoms with Crippen LogP contribution in [0.4, 0.5) is 17.1 Å². The standard InChI is InChI=1S/C25H19Cl2NO/c1-17-11-14-25(29)24(15-17)28(23-16-19(26)12-13-21(23)27)22-10-6-5-9-20(22)18-7-3-2-4-8-18/h2-16,29H,1H3. The molecule has 0 unspecified atom stereocenters. The lowest BCUT2D eigenvalue weighted by atomic mass is 10.0. The molecule has 0 aromatic heterocycles. The van der Waals surface area contributed by atoms with E-state index in [0.717, 1.165) is 22.4 Å². The molecule has 2 nitrogen and oxygen atoms in total. The molecule has 4 aromatic carbocycles. The molecular weight excluding hydrogens is 401 g/mol. The van der Waals surface area contributed by atoms with E-state index in [1.54, 1.807) is 18.2 Å². The first-order valence-electron chi connectivity index (χ1n) is 9.24. The van der Waals surface area contributed by atoms with Gasteiger partial charge in [0.15, 0.2) is 0 Å². The molecule has 4 rings (SSSR count). The van der Waals surface area contributed by atoms with Crippen molar-refractivity contribution in [3.05, 3.63) is 107 Å². The van der Waals surface area contributed by atoms with E-state index in [9.17, 15) is 5.11 Å². The molecule has 4 aromatic rings. The van der Waals surface area contributed by atoms with Crippen LogP contribution < -0.4 is 4.90 Å². The second-order valence-corrected chi connectivity index (χ2v) is 7.65. The highest BCUT2D eigenvalue weighted by Gasteiger charge is 2.22. The highest BCUT2D eigenvalue weighted by atomic mass is 35.5. The Hall–Kier alpha value is -2.94. The number of anilines is 3. The molecule has 0 atom stereocenters. The molecule has 0 heterocycles. The first-order valence-corrected chi connectivity index (χ1v) is 9.99. The van der Waals surface area contributed by atoms with E-state index in [-0.39, 0.29) is 5.75 Å². The Kier molecular flexibility index (Phi) is 5.48. The summed E-state index contributed by atoms with van der Waals surface area (Å²) >= 11 is 12.9. The van der Waals surface area contributed by atoms with Crippen LogP contribution in [0.5, 0.6) is 5.75 Å². The molecule has 4 heteroatoms. The number of aryl methyl sites for hydroxylation is 1. The Morgan fingerprint density at radius 2 is 1.41 bits per heavy atom.